The summed E-state index contributed by atoms with van der Waals surface area (Å²) in [5, 5.41) is 4.96. The second kappa shape index (κ2) is 12.8. The van der Waals surface area contributed by atoms with Crippen LogP contribution in [0.1, 0.15) is 50.8 Å². The molecule has 0 atom stereocenters. The van der Waals surface area contributed by atoms with E-state index in [1.165, 1.54) is 0 Å². The van der Waals surface area contributed by atoms with Crippen molar-refractivity contribution in [2.24, 2.45) is 0 Å². The zero-order chi connectivity index (χ0) is 23.6. The highest BCUT2D eigenvalue weighted by Gasteiger charge is 2.27. The van der Waals surface area contributed by atoms with Gasteiger partial charge in [0.25, 0.3) is 0 Å². The number of ether oxygens (including phenoxy) is 1. The van der Waals surface area contributed by atoms with Crippen LogP contribution in [0.4, 0.5) is 5.82 Å². The van der Waals surface area contributed by atoms with E-state index in [1.54, 1.807) is 7.11 Å². The van der Waals surface area contributed by atoms with Crippen LogP contribution in [0.3, 0.4) is 0 Å². The van der Waals surface area contributed by atoms with Gasteiger partial charge < -0.3 is 19.4 Å². The highest BCUT2D eigenvalue weighted by Crippen LogP contribution is 2.30. The number of unbranched alkanes of at least 4 members (excludes halogenated alkanes) is 2. The third-order valence-electron chi connectivity index (χ3n) is 6.54. The number of benzene rings is 1. The maximum Gasteiger partial charge on any atom is 0.222 e. The molecule has 2 aromatic rings. The largest absolute Gasteiger partial charge is 0.383 e. The average molecular weight is 456 g/mol. The van der Waals surface area contributed by atoms with Crippen molar-refractivity contribution >= 4 is 11.7 Å². The summed E-state index contributed by atoms with van der Waals surface area (Å²) < 4.78 is 7.40. The first-order valence-corrected chi connectivity index (χ1v) is 12.5. The highest BCUT2D eigenvalue weighted by atomic mass is 16.5. The maximum atomic E-state index is 13.1. The number of carbonyl (C=O) groups is 1. The number of rotatable bonds is 12. The number of hydrogen-bond acceptors (Lipinski definition) is 5. The zero-order valence-electron chi connectivity index (χ0n) is 20.9. The first kappa shape index (κ1) is 25.2. The minimum Gasteiger partial charge on any atom is -0.383 e. The van der Waals surface area contributed by atoms with Crippen LogP contribution >= 0.6 is 0 Å². The van der Waals surface area contributed by atoms with Crippen LogP contribution in [-0.4, -0.2) is 78.5 Å². The molecule has 1 aliphatic rings. The lowest BCUT2D eigenvalue weighted by Gasteiger charge is -2.36. The predicted molar refractivity (Wildman–Crippen MR) is 134 cm³/mol. The summed E-state index contributed by atoms with van der Waals surface area (Å²) in [5.74, 6) is 1.33. The molecule has 7 heteroatoms. The Bertz CT molecular complexity index is 859. The molecule has 1 saturated heterocycles. The normalized spacial score (nSPS) is 14.6. The molecule has 1 amide bonds. The maximum absolute atomic E-state index is 13.1. The van der Waals surface area contributed by atoms with Crippen molar-refractivity contribution in [1.82, 2.24) is 19.6 Å². The van der Waals surface area contributed by atoms with Crippen LogP contribution < -0.4 is 4.90 Å². The zero-order valence-corrected chi connectivity index (χ0v) is 20.9. The van der Waals surface area contributed by atoms with Crippen LogP contribution in [0.2, 0.25) is 0 Å². The van der Waals surface area contributed by atoms with Gasteiger partial charge in [-0.1, -0.05) is 44.9 Å². The standard InChI is InChI=1S/C26H41N5O2/c1-5-7-9-14-25(32)30(19-20-33-4)21-24-22(3)27-31(23-12-10-8-11-13-23)26(24)29-17-15-28(6-2)16-18-29/h8,10-13H,5-7,9,14-21H2,1-4H3. The third-order valence-corrected chi connectivity index (χ3v) is 6.54. The molecule has 182 valence electrons. The Morgan fingerprint density at radius 3 is 2.45 bits per heavy atom. The number of aromatic nitrogens is 2. The molecular formula is C26H41N5O2. The Morgan fingerprint density at radius 2 is 1.82 bits per heavy atom. The number of para-hydroxylation sites is 1. The molecule has 0 spiro atoms. The van der Waals surface area contributed by atoms with Crippen molar-refractivity contribution in [2.45, 2.75) is 53.0 Å². The summed E-state index contributed by atoms with van der Waals surface area (Å²) in [6.07, 6.45) is 3.73. The molecule has 0 bridgehead atoms. The van der Waals surface area contributed by atoms with Crippen molar-refractivity contribution < 1.29 is 9.53 Å². The van der Waals surface area contributed by atoms with Gasteiger partial charge in [-0.15, -0.1) is 0 Å². The Balaban J connectivity index is 1.93. The van der Waals surface area contributed by atoms with Crippen molar-refractivity contribution in [3.63, 3.8) is 0 Å². The molecule has 0 aliphatic carbocycles. The van der Waals surface area contributed by atoms with E-state index in [9.17, 15) is 4.79 Å². The van der Waals surface area contributed by atoms with Crippen molar-refractivity contribution in [2.75, 3.05) is 57.9 Å². The quantitative estimate of drug-likeness (QED) is 0.455. The highest BCUT2D eigenvalue weighted by molar-refractivity contribution is 5.76. The van der Waals surface area contributed by atoms with Crippen LogP contribution in [0.15, 0.2) is 30.3 Å². The Morgan fingerprint density at radius 1 is 1.09 bits per heavy atom. The molecule has 7 nitrogen and oxygen atoms in total. The first-order chi connectivity index (χ1) is 16.1. The first-order valence-electron chi connectivity index (χ1n) is 12.5. The number of likely N-dealkylation sites (N-methyl/N-ethyl adjacent to an activating group) is 1. The van der Waals surface area contributed by atoms with Gasteiger partial charge in [-0.05, 0) is 32.0 Å². The van der Waals surface area contributed by atoms with Crippen LogP contribution in [0.25, 0.3) is 5.69 Å². The van der Waals surface area contributed by atoms with E-state index in [4.69, 9.17) is 9.84 Å². The lowest BCUT2D eigenvalue weighted by atomic mass is 10.1. The number of hydrogen-bond donors (Lipinski definition) is 0. The lowest BCUT2D eigenvalue weighted by Crippen LogP contribution is -2.47. The van der Waals surface area contributed by atoms with Gasteiger partial charge in [0.05, 0.1) is 24.5 Å². The fourth-order valence-electron chi connectivity index (χ4n) is 4.45. The van der Waals surface area contributed by atoms with Gasteiger partial charge in [-0.25, -0.2) is 4.68 Å². The van der Waals surface area contributed by atoms with Gasteiger partial charge in [0.1, 0.15) is 5.82 Å². The number of nitrogens with zero attached hydrogens (tertiary/aromatic N) is 5. The molecule has 3 rings (SSSR count). The van der Waals surface area contributed by atoms with E-state index >= 15 is 0 Å². The monoisotopic (exact) mass is 455 g/mol. The van der Waals surface area contributed by atoms with Crippen molar-refractivity contribution in [3.8, 4) is 5.69 Å². The number of aryl methyl sites for hydroxylation is 1. The molecule has 1 aromatic heterocycles. The van der Waals surface area contributed by atoms with Gasteiger partial charge in [-0.2, -0.15) is 5.10 Å². The van der Waals surface area contributed by atoms with Gasteiger partial charge in [0, 0.05) is 51.8 Å². The average Bonchev–Trinajstić information content (AvgIpc) is 3.18. The number of amides is 1. The minimum atomic E-state index is 0.203. The molecule has 2 heterocycles. The predicted octanol–water partition coefficient (Wildman–Crippen LogP) is 3.88. The fourth-order valence-corrected chi connectivity index (χ4v) is 4.45. The van der Waals surface area contributed by atoms with E-state index in [1.807, 2.05) is 23.1 Å². The fraction of sp³-hybridized carbons (Fsp3) is 0.615. The second-order valence-electron chi connectivity index (χ2n) is 8.82. The Kier molecular flexibility index (Phi) is 9.76. The number of methoxy groups -OCH3 is 1. The van der Waals surface area contributed by atoms with E-state index < -0.39 is 0 Å². The van der Waals surface area contributed by atoms with Crippen molar-refractivity contribution in [1.29, 1.82) is 0 Å². The van der Waals surface area contributed by atoms with Crippen LogP contribution in [0.5, 0.6) is 0 Å². The smallest absolute Gasteiger partial charge is 0.222 e. The summed E-state index contributed by atoms with van der Waals surface area (Å²) in [7, 11) is 1.69. The molecule has 0 N–H and O–H groups in total. The van der Waals surface area contributed by atoms with Gasteiger partial charge in [0.2, 0.25) is 5.91 Å². The summed E-state index contributed by atoms with van der Waals surface area (Å²) in [4.78, 5) is 20.0. The molecule has 0 radical (unpaired) electrons. The molecule has 0 unspecified atom stereocenters. The SMILES string of the molecule is CCCCCC(=O)N(CCOC)Cc1c(C)nn(-c2ccccc2)c1N1CCN(CC)CC1. The molecule has 1 fully saturated rings. The Hall–Kier alpha value is -2.38. The molecule has 1 aliphatic heterocycles. The van der Waals surface area contributed by atoms with Crippen LogP contribution in [-0.2, 0) is 16.1 Å². The van der Waals surface area contributed by atoms with Gasteiger partial charge in [-0.3, -0.25) is 4.79 Å². The summed E-state index contributed by atoms with van der Waals surface area (Å²) in [6, 6.07) is 10.3. The van der Waals surface area contributed by atoms with Gasteiger partial charge in [0.15, 0.2) is 0 Å². The lowest BCUT2D eigenvalue weighted by molar-refractivity contribution is -0.132. The van der Waals surface area contributed by atoms with E-state index in [2.05, 4.69) is 47.4 Å². The molecule has 0 saturated carbocycles. The summed E-state index contributed by atoms with van der Waals surface area (Å²) >= 11 is 0. The third kappa shape index (κ3) is 6.58. The summed E-state index contributed by atoms with van der Waals surface area (Å²) in [5.41, 5.74) is 3.18. The molecular weight excluding hydrogens is 414 g/mol. The second-order valence-corrected chi connectivity index (χ2v) is 8.82. The number of carbonyl (C=O) groups excluding carboxylic acids is 1. The topological polar surface area (TPSA) is 53.8 Å². The van der Waals surface area contributed by atoms with E-state index in [-0.39, 0.29) is 5.91 Å². The van der Waals surface area contributed by atoms with E-state index in [0.717, 1.165) is 74.7 Å². The number of anilines is 1. The van der Waals surface area contributed by atoms with E-state index in [0.29, 0.717) is 26.1 Å². The Labute approximate surface area is 199 Å². The summed E-state index contributed by atoms with van der Waals surface area (Å²) in [6.45, 7) is 13.2. The molecule has 33 heavy (non-hydrogen) atoms. The number of piperazine rings is 1. The van der Waals surface area contributed by atoms with Crippen molar-refractivity contribution in [3.05, 3.63) is 41.6 Å². The van der Waals surface area contributed by atoms with Crippen LogP contribution in [0, 0.1) is 6.92 Å². The van der Waals surface area contributed by atoms with Gasteiger partial charge >= 0.3 is 0 Å². The minimum absolute atomic E-state index is 0.203. The molecule has 1 aromatic carbocycles.